The number of morpholine rings is 1. The van der Waals surface area contributed by atoms with Crippen molar-refractivity contribution < 1.29 is 23.5 Å². The highest BCUT2D eigenvalue weighted by molar-refractivity contribution is 5.96. The number of amides is 2. The number of ether oxygens (including phenoxy) is 2. The maximum absolute atomic E-state index is 13.8. The molecule has 0 saturated carbocycles. The molecule has 0 radical (unpaired) electrons. The SMILES string of the molecule is CCCCOc1ccc(C(=O)N(CCCN2CCOCC2)CC(=O)N(Cc2ccccc2)Cc2ccc(C)o2)cc1. The van der Waals surface area contributed by atoms with Gasteiger partial charge in [0, 0.05) is 38.3 Å². The molecule has 0 spiro atoms. The van der Waals surface area contributed by atoms with E-state index in [9.17, 15) is 9.59 Å². The normalized spacial score (nSPS) is 13.6. The van der Waals surface area contributed by atoms with Crippen molar-refractivity contribution in [2.24, 2.45) is 0 Å². The Hall–Kier alpha value is -3.62. The minimum atomic E-state index is -0.158. The number of nitrogens with zero attached hydrogens (tertiary/aromatic N) is 3. The van der Waals surface area contributed by atoms with Crippen molar-refractivity contribution in [3.05, 3.63) is 89.4 Å². The fourth-order valence-corrected chi connectivity index (χ4v) is 4.83. The number of furan rings is 1. The molecule has 8 nitrogen and oxygen atoms in total. The third-order valence-corrected chi connectivity index (χ3v) is 7.20. The van der Waals surface area contributed by atoms with Crippen LogP contribution in [0.1, 0.15) is 53.6 Å². The van der Waals surface area contributed by atoms with Crippen LogP contribution in [0.2, 0.25) is 0 Å². The summed E-state index contributed by atoms with van der Waals surface area (Å²) >= 11 is 0. The number of hydrogen-bond donors (Lipinski definition) is 0. The van der Waals surface area contributed by atoms with Gasteiger partial charge in [0.25, 0.3) is 5.91 Å². The molecule has 0 bridgehead atoms. The topological polar surface area (TPSA) is 75.5 Å². The van der Waals surface area contributed by atoms with Gasteiger partial charge in [0.05, 0.1) is 26.4 Å². The summed E-state index contributed by atoms with van der Waals surface area (Å²) in [5, 5.41) is 0. The van der Waals surface area contributed by atoms with Crippen molar-refractivity contribution in [3.63, 3.8) is 0 Å². The van der Waals surface area contributed by atoms with E-state index in [1.54, 1.807) is 21.9 Å². The largest absolute Gasteiger partial charge is 0.494 e. The molecule has 4 rings (SSSR count). The summed E-state index contributed by atoms with van der Waals surface area (Å²) < 4.78 is 17.0. The van der Waals surface area contributed by atoms with Gasteiger partial charge in [0.1, 0.15) is 23.8 Å². The lowest BCUT2D eigenvalue weighted by Gasteiger charge is -2.30. The molecule has 1 fully saturated rings. The van der Waals surface area contributed by atoms with Gasteiger partial charge in [-0.3, -0.25) is 14.5 Å². The van der Waals surface area contributed by atoms with Crippen LogP contribution in [0.4, 0.5) is 0 Å². The molecule has 2 amide bonds. The lowest BCUT2D eigenvalue weighted by Crippen LogP contribution is -2.44. The van der Waals surface area contributed by atoms with Gasteiger partial charge in [0.15, 0.2) is 0 Å². The van der Waals surface area contributed by atoms with Crippen LogP contribution in [0, 0.1) is 6.92 Å². The number of hydrogen-bond acceptors (Lipinski definition) is 6. The van der Waals surface area contributed by atoms with Gasteiger partial charge in [-0.1, -0.05) is 43.7 Å². The predicted octanol–water partition coefficient (Wildman–Crippen LogP) is 5.16. The number of benzene rings is 2. The molecule has 3 aromatic rings. The monoisotopic (exact) mass is 561 g/mol. The van der Waals surface area contributed by atoms with Crippen molar-refractivity contribution in [2.75, 3.05) is 52.5 Å². The van der Waals surface area contributed by atoms with E-state index >= 15 is 0 Å². The van der Waals surface area contributed by atoms with Crippen LogP contribution in [0.3, 0.4) is 0 Å². The van der Waals surface area contributed by atoms with Crippen molar-refractivity contribution in [3.8, 4) is 5.75 Å². The molecule has 41 heavy (non-hydrogen) atoms. The number of unbranched alkanes of at least 4 members (excludes halogenated alkanes) is 1. The van der Waals surface area contributed by atoms with Crippen LogP contribution >= 0.6 is 0 Å². The molecule has 0 atom stereocenters. The predicted molar refractivity (Wildman–Crippen MR) is 159 cm³/mol. The zero-order valence-corrected chi connectivity index (χ0v) is 24.4. The molecule has 2 aromatic carbocycles. The Morgan fingerprint density at radius 3 is 2.34 bits per heavy atom. The van der Waals surface area contributed by atoms with Crippen LogP contribution in [-0.4, -0.2) is 79.1 Å². The zero-order chi connectivity index (χ0) is 28.9. The standard InChI is InChI=1S/C33H43N3O5/c1-3-4-21-40-30-15-12-29(13-16-30)33(38)35(18-8-17-34-19-22-39-23-20-34)26-32(37)36(24-28-9-6-5-7-10-28)25-31-14-11-27(2)41-31/h5-7,9-16H,3-4,8,17-26H2,1-2H3. The summed E-state index contributed by atoms with van der Waals surface area (Å²) in [4.78, 5) is 33.3. The quantitative estimate of drug-likeness (QED) is 0.239. The van der Waals surface area contributed by atoms with Crippen LogP contribution < -0.4 is 4.74 Å². The molecule has 0 unspecified atom stereocenters. The van der Waals surface area contributed by atoms with Crippen LogP contribution in [0.5, 0.6) is 5.75 Å². The fourth-order valence-electron chi connectivity index (χ4n) is 4.83. The second kappa shape index (κ2) is 16.0. The molecule has 0 N–H and O–H groups in total. The highest BCUT2D eigenvalue weighted by atomic mass is 16.5. The van der Waals surface area contributed by atoms with E-state index in [-0.39, 0.29) is 18.4 Å². The molecule has 0 aliphatic carbocycles. The second-order valence-electron chi connectivity index (χ2n) is 10.5. The summed E-state index contributed by atoms with van der Waals surface area (Å²) in [6, 6.07) is 20.9. The Kier molecular flexibility index (Phi) is 11.8. The summed E-state index contributed by atoms with van der Waals surface area (Å²) in [5.74, 6) is 1.98. The van der Waals surface area contributed by atoms with Gasteiger partial charge >= 0.3 is 0 Å². The van der Waals surface area contributed by atoms with E-state index in [0.717, 1.165) is 74.9 Å². The van der Waals surface area contributed by atoms with Gasteiger partial charge in [-0.15, -0.1) is 0 Å². The smallest absolute Gasteiger partial charge is 0.254 e. The lowest BCUT2D eigenvalue weighted by molar-refractivity contribution is -0.133. The van der Waals surface area contributed by atoms with E-state index in [1.165, 1.54) is 0 Å². The number of rotatable bonds is 15. The first-order valence-electron chi connectivity index (χ1n) is 14.7. The number of carbonyl (C=O) groups is 2. The van der Waals surface area contributed by atoms with Crippen molar-refractivity contribution >= 4 is 11.8 Å². The van der Waals surface area contributed by atoms with Crippen LogP contribution in [0.25, 0.3) is 0 Å². The Bertz CT molecular complexity index is 1210. The molecular formula is C33H43N3O5. The van der Waals surface area contributed by atoms with Gasteiger partial charge in [-0.2, -0.15) is 0 Å². The van der Waals surface area contributed by atoms with Gasteiger partial charge < -0.3 is 23.7 Å². The molecule has 1 saturated heterocycles. The highest BCUT2D eigenvalue weighted by Gasteiger charge is 2.24. The van der Waals surface area contributed by atoms with Crippen molar-refractivity contribution in [1.82, 2.24) is 14.7 Å². The summed E-state index contributed by atoms with van der Waals surface area (Å²) in [7, 11) is 0. The van der Waals surface area contributed by atoms with Gasteiger partial charge in [-0.25, -0.2) is 0 Å². The van der Waals surface area contributed by atoms with E-state index in [1.807, 2.05) is 61.5 Å². The Labute approximate surface area is 243 Å². The zero-order valence-electron chi connectivity index (χ0n) is 24.4. The van der Waals surface area contributed by atoms with Crippen LogP contribution in [-0.2, 0) is 22.6 Å². The summed E-state index contributed by atoms with van der Waals surface area (Å²) in [6.45, 7) is 9.99. The Balaban J connectivity index is 1.48. The van der Waals surface area contributed by atoms with E-state index in [4.69, 9.17) is 13.9 Å². The highest BCUT2D eigenvalue weighted by Crippen LogP contribution is 2.17. The van der Waals surface area contributed by atoms with Crippen LogP contribution in [0.15, 0.2) is 71.1 Å². The maximum Gasteiger partial charge on any atom is 0.254 e. The molecule has 220 valence electrons. The van der Waals surface area contributed by atoms with E-state index in [0.29, 0.717) is 31.8 Å². The molecule has 1 aromatic heterocycles. The Morgan fingerprint density at radius 2 is 1.66 bits per heavy atom. The van der Waals surface area contributed by atoms with E-state index in [2.05, 4.69) is 11.8 Å². The number of aryl methyl sites for hydroxylation is 1. The first-order valence-corrected chi connectivity index (χ1v) is 14.7. The van der Waals surface area contributed by atoms with Crippen molar-refractivity contribution in [1.29, 1.82) is 0 Å². The van der Waals surface area contributed by atoms with Gasteiger partial charge in [-0.05, 0) is 61.7 Å². The maximum atomic E-state index is 13.8. The fraction of sp³-hybridized carbons (Fsp3) is 0.455. The lowest BCUT2D eigenvalue weighted by atomic mass is 10.1. The third-order valence-electron chi connectivity index (χ3n) is 7.20. The molecular weight excluding hydrogens is 518 g/mol. The summed E-state index contributed by atoms with van der Waals surface area (Å²) in [5.41, 5.74) is 1.57. The van der Waals surface area contributed by atoms with Gasteiger partial charge in [0.2, 0.25) is 5.91 Å². The second-order valence-corrected chi connectivity index (χ2v) is 10.5. The number of carbonyl (C=O) groups excluding carboxylic acids is 2. The average molecular weight is 562 g/mol. The molecule has 8 heteroatoms. The molecule has 1 aliphatic rings. The minimum Gasteiger partial charge on any atom is -0.494 e. The Morgan fingerprint density at radius 1 is 0.902 bits per heavy atom. The van der Waals surface area contributed by atoms with E-state index < -0.39 is 0 Å². The van der Waals surface area contributed by atoms with Crippen molar-refractivity contribution in [2.45, 2.75) is 46.2 Å². The molecule has 2 heterocycles. The molecule has 1 aliphatic heterocycles. The first-order chi connectivity index (χ1) is 20.0. The summed E-state index contributed by atoms with van der Waals surface area (Å²) in [6.07, 6.45) is 2.81. The first kappa shape index (κ1) is 30.3. The third kappa shape index (κ3) is 9.76. The average Bonchev–Trinajstić information content (AvgIpc) is 3.41. The minimum absolute atomic E-state index is 0.0107.